The smallest absolute Gasteiger partial charge is 0.0666 e. The van der Waals surface area contributed by atoms with Crippen molar-refractivity contribution in [3.63, 3.8) is 0 Å². The van der Waals surface area contributed by atoms with Crippen molar-refractivity contribution in [2.24, 2.45) is 11.8 Å². The molecule has 1 aliphatic rings. The van der Waals surface area contributed by atoms with Crippen LogP contribution in [0.4, 0.5) is 0 Å². The van der Waals surface area contributed by atoms with Crippen molar-refractivity contribution < 1.29 is 5.11 Å². The number of nitrogens with zero attached hydrogens (tertiary/aromatic N) is 2. The molecule has 0 bridgehead atoms. The Morgan fingerprint density at radius 1 is 1.50 bits per heavy atom. The molecular formula is C11H20N2O. The van der Waals surface area contributed by atoms with E-state index < -0.39 is 0 Å². The lowest BCUT2D eigenvalue weighted by atomic mass is 10.0. The van der Waals surface area contributed by atoms with Gasteiger partial charge >= 0.3 is 0 Å². The van der Waals surface area contributed by atoms with Gasteiger partial charge in [-0.15, -0.1) is 0 Å². The summed E-state index contributed by atoms with van der Waals surface area (Å²) in [6, 6.07) is 2.27. The van der Waals surface area contributed by atoms with Crippen LogP contribution in [0.3, 0.4) is 0 Å². The fourth-order valence-electron chi connectivity index (χ4n) is 2.02. The lowest BCUT2D eigenvalue weighted by molar-refractivity contribution is 0.206. The Morgan fingerprint density at radius 3 is 2.93 bits per heavy atom. The molecule has 0 aromatic rings. The maximum Gasteiger partial charge on any atom is 0.0666 e. The van der Waals surface area contributed by atoms with Gasteiger partial charge in [0, 0.05) is 13.2 Å². The number of aliphatic hydroxyl groups is 1. The van der Waals surface area contributed by atoms with Crippen LogP contribution in [-0.2, 0) is 0 Å². The maximum atomic E-state index is 9.06. The van der Waals surface area contributed by atoms with E-state index in [0.717, 1.165) is 38.9 Å². The summed E-state index contributed by atoms with van der Waals surface area (Å²) in [6.07, 6.45) is 3.37. The van der Waals surface area contributed by atoms with Crippen LogP contribution in [0, 0.1) is 23.2 Å². The topological polar surface area (TPSA) is 47.3 Å². The Balaban J connectivity index is 2.31. The lowest BCUT2D eigenvalue weighted by Crippen LogP contribution is -2.29. The van der Waals surface area contributed by atoms with Gasteiger partial charge in [-0.2, -0.15) is 5.26 Å². The summed E-state index contributed by atoms with van der Waals surface area (Å²) >= 11 is 0. The fourth-order valence-corrected chi connectivity index (χ4v) is 2.02. The summed E-state index contributed by atoms with van der Waals surface area (Å²) in [5.41, 5.74) is 0. The van der Waals surface area contributed by atoms with Crippen LogP contribution in [0.5, 0.6) is 0 Å². The largest absolute Gasteiger partial charge is 0.396 e. The molecule has 14 heavy (non-hydrogen) atoms. The average molecular weight is 196 g/mol. The van der Waals surface area contributed by atoms with Gasteiger partial charge in [-0.1, -0.05) is 0 Å². The second kappa shape index (κ2) is 6.00. The molecule has 1 fully saturated rings. The minimum atomic E-state index is 0.126. The molecule has 1 saturated heterocycles. The Hall–Kier alpha value is -0.590. The second-order valence-corrected chi connectivity index (χ2v) is 4.31. The Morgan fingerprint density at radius 2 is 2.29 bits per heavy atom. The highest BCUT2D eigenvalue weighted by Crippen LogP contribution is 2.17. The molecular weight excluding hydrogens is 176 g/mol. The van der Waals surface area contributed by atoms with Gasteiger partial charge in [-0.05, 0) is 45.2 Å². The summed E-state index contributed by atoms with van der Waals surface area (Å²) in [5, 5.41) is 17.8. The first-order valence-corrected chi connectivity index (χ1v) is 5.49. The van der Waals surface area contributed by atoms with Crippen LogP contribution >= 0.6 is 0 Å². The Kier molecular flexibility index (Phi) is 4.92. The van der Waals surface area contributed by atoms with Crippen LogP contribution in [-0.4, -0.2) is 36.2 Å². The van der Waals surface area contributed by atoms with E-state index >= 15 is 0 Å². The summed E-state index contributed by atoms with van der Waals surface area (Å²) in [5.74, 6) is 0.609. The molecule has 0 aromatic heterocycles. The zero-order chi connectivity index (χ0) is 10.4. The van der Waals surface area contributed by atoms with E-state index in [0.29, 0.717) is 12.5 Å². The van der Waals surface area contributed by atoms with E-state index in [1.54, 1.807) is 0 Å². The SMILES string of the molecule is CC(C#N)CN1CCCC(CO)CC1. The van der Waals surface area contributed by atoms with E-state index in [1.807, 2.05) is 6.92 Å². The van der Waals surface area contributed by atoms with Crippen LogP contribution in [0.1, 0.15) is 26.2 Å². The molecule has 0 aromatic carbocycles. The van der Waals surface area contributed by atoms with Crippen molar-refractivity contribution in [3.05, 3.63) is 0 Å². The summed E-state index contributed by atoms with van der Waals surface area (Å²) in [7, 11) is 0. The van der Waals surface area contributed by atoms with Crippen molar-refractivity contribution in [3.8, 4) is 6.07 Å². The van der Waals surface area contributed by atoms with Crippen LogP contribution in [0.2, 0.25) is 0 Å². The average Bonchev–Trinajstić information content (AvgIpc) is 2.43. The normalized spacial score (nSPS) is 26.5. The lowest BCUT2D eigenvalue weighted by Gasteiger charge is -2.20. The molecule has 2 atom stereocenters. The van der Waals surface area contributed by atoms with Crippen LogP contribution < -0.4 is 0 Å². The van der Waals surface area contributed by atoms with Crippen molar-refractivity contribution in [1.29, 1.82) is 5.26 Å². The molecule has 80 valence electrons. The van der Waals surface area contributed by atoms with Gasteiger partial charge in [0.2, 0.25) is 0 Å². The predicted molar refractivity (Wildman–Crippen MR) is 55.6 cm³/mol. The molecule has 1 N–H and O–H groups in total. The molecule has 3 nitrogen and oxygen atoms in total. The first-order valence-electron chi connectivity index (χ1n) is 5.49. The van der Waals surface area contributed by atoms with Gasteiger partial charge in [0.05, 0.1) is 12.0 Å². The van der Waals surface area contributed by atoms with Crippen molar-refractivity contribution in [2.45, 2.75) is 26.2 Å². The predicted octanol–water partition coefficient (Wildman–Crippen LogP) is 1.24. The Bertz CT molecular complexity index is 200. The van der Waals surface area contributed by atoms with Crippen LogP contribution in [0.15, 0.2) is 0 Å². The molecule has 0 radical (unpaired) electrons. The van der Waals surface area contributed by atoms with E-state index in [4.69, 9.17) is 10.4 Å². The van der Waals surface area contributed by atoms with Crippen molar-refractivity contribution in [2.75, 3.05) is 26.2 Å². The number of hydrogen-bond acceptors (Lipinski definition) is 3. The molecule has 1 rings (SSSR count). The third-order valence-corrected chi connectivity index (χ3v) is 2.95. The summed E-state index contributed by atoms with van der Waals surface area (Å²) in [6.45, 7) is 5.30. The summed E-state index contributed by atoms with van der Waals surface area (Å²) < 4.78 is 0. The van der Waals surface area contributed by atoms with Crippen LogP contribution in [0.25, 0.3) is 0 Å². The van der Waals surface area contributed by atoms with Gasteiger partial charge in [-0.25, -0.2) is 0 Å². The van der Waals surface area contributed by atoms with Crippen molar-refractivity contribution >= 4 is 0 Å². The van der Waals surface area contributed by atoms with Gasteiger partial charge in [-0.3, -0.25) is 0 Å². The van der Waals surface area contributed by atoms with E-state index in [-0.39, 0.29) is 5.92 Å². The number of likely N-dealkylation sites (tertiary alicyclic amines) is 1. The molecule has 3 heteroatoms. The Labute approximate surface area is 86.3 Å². The number of hydrogen-bond donors (Lipinski definition) is 1. The van der Waals surface area contributed by atoms with E-state index in [2.05, 4.69) is 11.0 Å². The molecule has 1 aliphatic heterocycles. The van der Waals surface area contributed by atoms with E-state index in [1.165, 1.54) is 0 Å². The van der Waals surface area contributed by atoms with Crippen molar-refractivity contribution in [1.82, 2.24) is 4.90 Å². The number of rotatable bonds is 3. The summed E-state index contributed by atoms with van der Waals surface area (Å²) in [4.78, 5) is 2.35. The zero-order valence-corrected chi connectivity index (χ0v) is 8.95. The highest BCUT2D eigenvalue weighted by molar-refractivity contribution is 4.82. The molecule has 1 heterocycles. The zero-order valence-electron chi connectivity index (χ0n) is 8.95. The maximum absolute atomic E-state index is 9.06. The van der Waals surface area contributed by atoms with Gasteiger partial charge in [0.15, 0.2) is 0 Å². The number of aliphatic hydroxyl groups excluding tert-OH is 1. The molecule has 0 saturated carbocycles. The standard InChI is InChI=1S/C11H20N2O/c1-10(7-12)8-13-5-2-3-11(9-14)4-6-13/h10-11,14H,2-6,8-9H2,1H3. The van der Waals surface area contributed by atoms with Gasteiger partial charge in [0.25, 0.3) is 0 Å². The second-order valence-electron chi connectivity index (χ2n) is 4.31. The molecule has 2 unspecified atom stereocenters. The number of nitriles is 1. The highest BCUT2D eigenvalue weighted by Gasteiger charge is 2.17. The first kappa shape index (κ1) is 11.5. The minimum Gasteiger partial charge on any atom is -0.396 e. The first-order chi connectivity index (χ1) is 6.76. The minimum absolute atomic E-state index is 0.126. The molecule has 0 aliphatic carbocycles. The quantitative estimate of drug-likeness (QED) is 0.738. The highest BCUT2D eigenvalue weighted by atomic mass is 16.3. The van der Waals surface area contributed by atoms with E-state index in [9.17, 15) is 0 Å². The van der Waals surface area contributed by atoms with Gasteiger partial charge in [0.1, 0.15) is 0 Å². The third-order valence-electron chi connectivity index (χ3n) is 2.95. The van der Waals surface area contributed by atoms with Gasteiger partial charge < -0.3 is 10.0 Å². The fraction of sp³-hybridized carbons (Fsp3) is 0.909. The third kappa shape index (κ3) is 3.65. The molecule has 0 spiro atoms. The monoisotopic (exact) mass is 196 g/mol. The molecule has 0 amide bonds.